The monoisotopic (exact) mass is 468 g/mol. The SMILES string of the molecule is COCCNC(=O)c1cc(-c2cccnc2)nc2ccc(S(=O)(=O)N3CCCCCC3)cc12. The van der Waals surface area contributed by atoms with E-state index in [9.17, 15) is 13.2 Å². The fourth-order valence-corrected chi connectivity index (χ4v) is 5.55. The van der Waals surface area contributed by atoms with Crippen molar-refractivity contribution in [2.75, 3.05) is 33.4 Å². The van der Waals surface area contributed by atoms with E-state index >= 15 is 0 Å². The summed E-state index contributed by atoms with van der Waals surface area (Å²) in [4.78, 5) is 22.1. The largest absolute Gasteiger partial charge is 0.383 e. The Balaban J connectivity index is 1.80. The number of amides is 1. The van der Waals surface area contributed by atoms with E-state index in [4.69, 9.17) is 4.74 Å². The van der Waals surface area contributed by atoms with Gasteiger partial charge in [-0.1, -0.05) is 12.8 Å². The molecule has 0 aliphatic carbocycles. The number of hydrogen-bond donors (Lipinski definition) is 1. The van der Waals surface area contributed by atoms with E-state index in [2.05, 4.69) is 15.3 Å². The van der Waals surface area contributed by atoms with Crippen LogP contribution in [-0.2, 0) is 14.8 Å². The Kier molecular flexibility index (Phi) is 7.32. The van der Waals surface area contributed by atoms with Gasteiger partial charge in [-0.2, -0.15) is 4.31 Å². The van der Waals surface area contributed by atoms with Gasteiger partial charge in [0.25, 0.3) is 5.91 Å². The predicted octanol–water partition coefficient (Wildman–Crippen LogP) is 3.24. The van der Waals surface area contributed by atoms with Crippen LogP contribution >= 0.6 is 0 Å². The van der Waals surface area contributed by atoms with Crippen LogP contribution in [0.25, 0.3) is 22.2 Å². The molecule has 33 heavy (non-hydrogen) atoms. The quantitative estimate of drug-likeness (QED) is 0.534. The third-order valence-corrected chi connectivity index (χ3v) is 7.67. The van der Waals surface area contributed by atoms with Gasteiger partial charge in [0.15, 0.2) is 0 Å². The number of rotatable bonds is 7. The first-order chi connectivity index (χ1) is 16.0. The molecule has 1 amide bonds. The molecule has 1 N–H and O–H groups in total. The van der Waals surface area contributed by atoms with Crippen LogP contribution < -0.4 is 5.32 Å². The minimum Gasteiger partial charge on any atom is -0.383 e. The topological polar surface area (TPSA) is 101 Å². The van der Waals surface area contributed by atoms with E-state index < -0.39 is 10.0 Å². The minimum atomic E-state index is -3.66. The first kappa shape index (κ1) is 23.3. The number of fused-ring (bicyclic) bond motifs is 1. The highest BCUT2D eigenvalue weighted by atomic mass is 32.2. The molecular weight excluding hydrogens is 440 g/mol. The van der Waals surface area contributed by atoms with Gasteiger partial charge in [-0.05, 0) is 49.2 Å². The summed E-state index contributed by atoms with van der Waals surface area (Å²) in [5.41, 5.74) is 2.27. The molecule has 174 valence electrons. The Hall–Kier alpha value is -2.88. The molecule has 1 aliphatic rings. The Morgan fingerprint density at radius 3 is 2.61 bits per heavy atom. The smallest absolute Gasteiger partial charge is 0.252 e. The molecule has 2 aromatic heterocycles. The average Bonchev–Trinajstić information content (AvgIpc) is 3.14. The number of nitrogens with one attached hydrogen (secondary N) is 1. The molecular formula is C24H28N4O4S. The van der Waals surface area contributed by atoms with Crippen LogP contribution in [0.5, 0.6) is 0 Å². The second-order valence-corrected chi connectivity index (χ2v) is 9.98. The van der Waals surface area contributed by atoms with Crippen molar-refractivity contribution in [1.29, 1.82) is 0 Å². The van der Waals surface area contributed by atoms with Gasteiger partial charge in [-0.3, -0.25) is 9.78 Å². The lowest BCUT2D eigenvalue weighted by atomic mass is 10.0. The molecule has 1 saturated heterocycles. The van der Waals surface area contributed by atoms with Crippen LogP contribution in [0.15, 0.2) is 53.7 Å². The van der Waals surface area contributed by atoms with Crippen molar-refractivity contribution in [2.45, 2.75) is 30.6 Å². The summed E-state index contributed by atoms with van der Waals surface area (Å²) in [5, 5.41) is 3.33. The van der Waals surface area contributed by atoms with Crippen LogP contribution in [0.3, 0.4) is 0 Å². The van der Waals surface area contributed by atoms with Gasteiger partial charge < -0.3 is 10.1 Å². The van der Waals surface area contributed by atoms with Crippen LogP contribution in [-0.4, -0.2) is 61.9 Å². The molecule has 9 heteroatoms. The Morgan fingerprint density at radius 1 is 1.12 bits per heavy atom. The van der Waals surface area contributed by atoms with Crippen LogP contribution in [0.4, 0.5) is 0 Å². The van der Waals surface area contributed by atoms with Crippen molar-refractivity contribution in [1.82, 2.24) is 19.6 Å². The predicted molar refractivity (Wildman–Crippen MR) is 126 cm³/mol. The van der Waals surface area contributed by atoms with E-state index in [1.807, 2.05) is 6.07 Å². The summed E-state index contributed by atoms with van der Waals surface area (Å²) in [6.07, 6.45) is 7.14. The molecule has 3 aromatic rings. The molecule has 0 unspecified atom stereocenters. The van der Waals surface area contributed by atoms with E-state index in [-0.39, 0.29) is 10.8 Å². The summed E-state index contributed by atoms with van der Waals surface area (Å²) < 4.78 is 33.3. The van der Waals surface area contributed by atoms with E-state index in [1.54, 1.807) is 54.1 Å². The van der Waals surface area contributed by atoms with E-state index in [0.717, 1.165) is 31.2 Å². The summed E-state index contributed by atoms with van der Waals surface area (Å²) in [6, 6.07) is 10.2. The highest BCUT2D eigenvalue weighted by Crippen LogP contribution is 2.28. The van der Waals surface area contributed by atoms with Gasteiger partial charge in [0, 0.05) is 50.1 Å². The number of benzene rings is 1. The van der Waals surface area contributed by atoms with Crippen LogP contribution in [0.2, 0.25) is 0 Å². The first-order valence-electron chi connectivity index (χ1n) is 11.1. The number of carbonyl (C=O) groups excluding carboxylic acids is 1. The Morgan fingerprint density at radius 2 is 1.91 bits per heavy atom. The zero-order valence-electron chi connectivity index (χ0n) is 18.7. The maximum atomic E-state index is 13.3. The molecule has 1 aromatic carbocycles. The Bertz CT molecular complexity index is 1220. The van der Waals surface area contributed by atoms with Crippen molar-refractivity contribution in [3.8, 4) is 11.3 Å². The van der Waals surface area contributed by atoms with Gasteiger partial charge >= 0.3 is 0 Å². The van der Waals surface area contributed by atoms with Crippen molar-refractivity contribution in [2.24, 2.45) is 0 Å². The molecule has 3 heterocycles. The second kappa shape index (κ2) is 10.4. The summed E-state index contributed by atoms with van der Waals surface area (Å²) >= 11 is 0. The minimum absolute atomic E-state index is 0.179. The van der Waals surface area contributed by atoms with Gasteiger partial charge in [0.1, 0.15) is 0 Å². The maximum Gasteiger partial charge on any atom is 0.252 e. The fraction of sp³-hybridized carbons (Fsp3) is 0.375. The number of sulfonamides is 1. The lowest BCUT2D eigenvalue weighted by Gasteiger charge is -2.20. The molecule has 4 rings (SSSR count). The fourth-order valence-electron chi connectivity index (χ4n) is 4.01. The van der Waals surface area contributed by atoms with Crippen LogP contribution in [0, 0.1) is 0 Å². The summed E-state index contributed by atoms with van der Waals surface area (Å²) in [7, 11) is -2.09. The lowest BCUT2D eigenvalue weighted by molar-refractivity contribution is 0.0938. The van der Waals surface area contributed by atoms with Gasteiger partial charge in [0.05, 0.1) is 28.3 Å². The number of methoxy groups -OCH3 is 1. The van der Waals surface area contributed by atoms with Gasteiger partial charge in [0.2, 0.25) is 10.0 Å². The lowest BCUT2D eigenvalue weighted by Crippen LogP contribution is -2.32. The number of pyridine rings is 2. The summed E-state index contributed by atoms with van der Waals surface area (Å²) in [5.74, 6) is -0.311. The normalized spacial score (nSPS) is 15.3. The Labute approximate surface area is 194 Å². The number of ether oxygens (including phenoxy) is 1. The molecule has 0 atom stereocenters. The molecule has 0 bridgehead atoms. The number of carbonyl (C=O) groups is 1. The van der Waals surface area contributed by atoms with E-state index in [0.29, 0.717) is 48.4 Å². The van der Waals surface area contributed by atoms with Gasteiger partial charge in [-0.15, -0.1) is 0 Å². The zero-order chi connectivity index (χ0) is 23.3. The highest BCUT2D eigenvalue weighted by Gasteiger charge is 2.26. The first-order valence-corrected chi connectivity index (χ1v) is 12.6. The number of nitrogens with zero attached hydrogens (tertiary/aromatic N) is 3. The van der Waals surface area contributed by atoms with Crippen molar-refractivity contribution in [3.05, 3.63) is 54.4 Å². The van der Waals surface area contributed by atoms with Crippen LogP contribution in [0.1, 0.15) is 36.0 Å². The summed E-state index contributed by atoms with van der Waals surface area (Å²) in [6.45, 7) is 1.75. The standard InChI is InChI=1S/C24H28N4O4S/c1-32-14-11-26-24(29)21-16-23(18-7-6-10-25-17-18)27-22-9-8-19(15-20(21)22)33(30,31)28-12-4-2-3-5-13-28/h6-10,15-17H,2-5,11-14H2,1H3,(H,26,29). The second-order valence-electron chi connectivity index (χ2n) is 8.04. The third kappa shape index (κ3) is 5.21. The van der Waals surface area contributed by atoms with Crippen molar-refractivity contribution < 1.29 is 17.9 Å². The molecule has 1 aliphatic heterocycles. The average molecular weight is 469 g/mol. The molecule has 8 nitrogen and oxygen atoms in total. The molecule has 0 radical (unpaired) electrons. The maximum absolute atomic E-state index is 13.3. The number of hydrogen-bond acceptors (Lipinski definition) is 6. The molecule has 0 saturated carbocycles. The van der Waals surface area contributed by atoms with E-state index in [1.165, 1.54) is 0 Å². The van der Waals surface area contributed by atoms with Gasteiger partial charge in [-0.25, -0.2) is 13.4 Å². The molecule has 1 fully saturated rings. The van der Waals surface area contributed by atoms with Crippen molar-refractivity contribution in [3.63, 3.8) is 0 Å². The zero-order valence-corrected chi connectivity index (χ0v) is 19.5. The highest BCUT2D eigenvalue weighted by molar-refractivity contribution is 7.89. The number of aromatic nitrogens is 2. The third-order valence-electron chi connectivity index (χ3n) is 5.78. The van der Waals surface area contributed by atoms with Crippen molar-refractivity contribution >= 4 is 26.8 Å². The molecule has 0 spiro atoms.